The summed E-state index contributed by atoms with van der Waals surface area (Å²) in [6, 6.07) is 5.00. The lowest BCUT2D eigenvalue weighted by Crippen LogP contribution is -2.16. The van der Waals surface area contributed by atoms with Crippen molar-refractivity contribution in [3.05, 3.63) is 46.5 Å². The van der Waals surface area contributed by atoms with Gasteiger partial charge in [0, 0.05) is 23.0 Å². The maximum Gasteiger partial charge on any atom is 0.416 e. The van der Waals surface area contributed by atoms with E-state index in [1.165, 1.54) is 12.1 Å². The summed E-state index contributed by atoms with van der Waals surface area (Å²) in [4.78, 5) is 2.94. The van der Waals surface area contributed by atoms with E-state index in [0.717, 1.165) is 17.8 Å². The van der Waals surface area contributed by atoms with Crippen LogP contribution in [0.5, 0.6) is 0 Å². The first-order chi connectivity index (χ1) is 9.10. The molecule has 0 bridgehead atoms. The van der Waals surface area contributed by atoms with Crippen molar-refractivity contribution in [2.24, 2.45) is 0 Å². The molecule has 0 atom stereocenters. The Bertz CT molecular complexity index is 657. The molecule has 108 valence electrons. The van der Waals surface area contributed by atoms with Gasteiger partial charge in [0.2, 0.25) is 0 Å². The van der Waals surface area contributed by atoms with Crippen molar-refractivity contribution in [2.75, 3.05) is 0 Å². The van der Waals surface area contributed by atoms with Gasteiger partial charge in [-0.1, -0.05) is 20.8 Å². The first kappa shape index (κ1) is 14.8. The average Bonchev–Trinajstić information content (AvgIpc) is 2.70. The van der Waals surface area contributed by atoms with E-state index in [1.54, 1.807) is 10.8 Å². The van der Waals surface area contributed by atoms with Crippen molar-refractivity contribution in [1.82, 2.24) is 9.55 Å². The molecule has 1 aromatic heterocycles. The Balaban J connectivity index is 2.53. The maximum atomic E-state index is 12.6. The van der Waals surface area contributed by atoms with Crippen molar-refractivity contribution >= 4 is 12.2 Å². The van der Waals surface area contributed by atoms with Crippen molar-refractivity contribution < 1.29 is 13.2 Å². The fraction of sp³-hybridized carbons (Fsp3) is 0.357. The Morgan fingerprint density at radius 3 is 2.05 bits per heavy atom. The van der Waals surface area contributed by atoms with Gasteiger partial charge in [0.25, 0.3) is 0 Å². The number of nitrogens with zero attached hydrogens (tertiary/aromatic N) is 1. The molecule has 0 aliphatic carbocycles. The Hall–Kier alpha value is -1.56. The van der Waals surface area contributed by atoms with E-state index < -0.39 is 11.7 Å². The molecule has 6 heteroatoms. The largest absolute Gasteiger partial charge is 0.416 e. The standard InChI is InChI=1S/C14H15F3N2S/c1-13(2,3)11-8-18-12(20)19(11)10-6-4-9(5-7-10)14(15,16)17/h4-8H,1-3H3,(H,18,20). The molecule has 0 fully saturated rings. The van der Waals surface area contributed by atoms with Gasteiger partial charge in [0.1, 0.15) is 0 Å². The molecule has 0 saturated carbocycles. The number of imidazole rings is 1. The van der Waals surface area contributed by atoms with Crippen molar-refractivity contribution in [1.29, 1.82) is 0 Å². The number of halogens is 3. The first-order valence-electron chi connectivity index (χ1n) is 6.09. The lowest BCUT2D eigenvalue weighted by Gasteiger charge is -2.21. The molecule has 1 heterocycles. The average molecular weight is 300 g/mol. The Morgan fingerprint density at radius 2 is 1.60 bits per heavy atom. The van der Waals surface area contributed by atoms with Gasteiger partial charge in [-0.25, -0.2) is 0 Å². The molecule has 0 aliphatic heterocycles. The second-order valence-electron chi connectivity index (χ2n) is 5.61. The number of rotatable bonds is 1. The highest BCUT2D eigenvalue weighted by Gasteiger charge is 2.30. The van der Waals surface area contributed by atoms with E-state index in [4.69, 9.17) is 12.2 Å². The number of hydrogen-bond donors (Lipinski definition) is 1. The smallest absolute Gasteiger partial charge is 0.337 e. The molecule has 0 radical (unpaired) electrons. The number of nitrogens with one attached hydrogen (secondary N) is 1. The normalized spacial score (nSPS) is 12.7. The van der Waals surface area contributed by atoms with E-state index in [2.05, 4.69) is 4.98 Å². The number of aromatic amines is 1. The lowest BCUT2D eigenvalue weighted by molar-refractivity contribution is -0.137. The number of hydrogen-bond acceptors (Lipinski definition) is 1. The fourth-order valence-corrected chi connectivity index (χ4v) is 2.24. The zero-order valence-electron chi connectivity index (χ0n) is 11.4. The quantitative estimate of drug-likeness (QED) is 0.747. The number of H-pyrrole nitrogens is 1. The summed E-state index contributed by atoms with van der Waals surface area (Å²) in [6.07, 6.45) is -2.54. The van der Waals surface area contributed by atoms with Gasteiger partial charge in [0.05, 0.1) is 5.56 Å². The van der Waals surface area contributed by atoms with Crippen LogP contribution >= 0.6 is 12.2 Å². The summed E-state index contributed by atoms with van der Waals surface area (Å²) >= 11 is 5.22. The molecule has 2 nitrogen and oxygen atoms in total. The fourth-order valence-electron chi connectivity index (χ4n) is 1.98. The van der Waals surface area contributed by atoms with Crippen LogP contribution in [-0.2, 0) is 11.6 Å². The molecular formula is C14H15F3N2S. The first-order valence-corrected chi connectivity index (χ1v) is 6.50. The van der Waals surface area contributed by atoms with Crippen LogP contribution in [0.25, 0.3) is 5.69 Å². The summed E-state index contributed by atoms with van der Waals surface area (Å²) in [5, 5.41) is 0. The number of aromatic nitrogens is 2. The summed E-state index contributed by atoms with van der Waals surface area (Å²) in [6.45, 7) is 6.06. The van der Waals surface area contributed by atoms with Crippen LogP contribution in [0.1, 0.15) is 32.0 Å². The molecule has 0 spiro atoms. The predicted octanol–water partition coefficient (Wildman–Crippen LogP) is 4.85. The van der Waals surface area contributed by atoms with Gasteiger partial charge in [0.15, 0.2) is 4.77 Å². The van der Waals surface area contributed by atoms with Gasteiger partial charge in [-0.05, 0) is 36.5 Å². The molecule has 2 rings (SSSR count). The zero-order valence-corrected chi connectivity index (χ0v) is 12.2. The maximum absolute atomic E-state index is 12.6. The molecule has 0 aliphatic rings. The van der Waals surface area contributed by atoms with Crippen LogP contribution < -0.4 is 0 Å². The summed E-state index contributed by atoms with van der Waals surface area (Å²) < 4.78 is 40.0. The second kappa shape index (κ2) is 4.77. The van der Waals surface area contributed by atoms with E-state index in [0.29, 0.717) is 10.5 Å². The highest BCUT2D eigenvalue weighted by atomic mass is 32.1. The summed E-state index contributed by atoms with van der Waals surface area (Å²) in [7, 11) is 0. The van der Waals surface area contributed by atoms with Crippen LogP contribution in [0.3, 0.4) is 0 Å². The predicted molar refractivity (Wildman–Crippen MR) is 74.7 cm³/mol. The van der Waals surface area contributed by atoms with Crippen molar-refractivity contribution in [3.63, 3.8) is 0 Å². The van der Waals surface area contributed by atoms with E-state index in [1.807, 2.05) is 20.8 Å². The highest BCUT2D eigenvalue weighted by Crippen LogP contribution is 2.31. The molecule has 20 heavy (non-hydrogen) atoms. The summed E-state index contributed by atoms with van der Waals surface area (Å²) in [5.74, 6) is 0. The minimum Gasteiger partial charge on any atom is -0.337 e. The third-order valence-electron chi connectivity index (χ3n) is 3.00. The number of benzene rings is 1. The SMILES string of the molecule is CC(C)(C)c1c[nH]c(=S)n1-c1ccc(C(F)(F)F)cc1. The summed E-state index contributed by atoms with van der Waals surface area (Å²) in [5.41, 5.74) is 0.702. The number of alkyl halides is 3. The van der Waals surface area contributed by atoms with Crippen LogP contribution in [0.15, 0.2) is 30.5 Å². The van der Waals surface area contributed by atoms with Crippen molar-refractivity contribution in [2.45, 2.75) is 32.4 Å². The van der Waals surface area contributed by atoms with Crippen LogP contribution in [-0.4, -0.2) is 9.55 Å². The van der Waals surface area contributed by atoms with Crippen LogP contribution in [0, 0.1) is 4.77 Å². The topological polar surface area (TPSA) is 20.7 Å². The highest BCUT2D eigenvalue weighted by molar-refractivity contribution is 7.71. The molecule has 1 aromatic carbocycles. The minimum absolute atomic E-state index is 0.170. The molecule has 0 saturated heterocycles. The monoisotopic (exact) mass is 300 g/mol. The molecular weight excluding hydrogens is 285 g/mol. The van der Waals surface area contributed by atoms with Crippen molar-refractivity contribution in [3.8, 4) is 5.69 Å². The van der Waals surface area contributed by atoms with Gasteiger partial charge in [-0.3, -0.25) is 4.57 Å². The van der Waals surface area contributed by atoms with Gasteiger partial charge >= 0.3 is 6.18 Å². The van der Waals surface area contributed by atoms with Gasteiger partial charge < -0.3 is 4.98 Å². The second-order valence-corrected chi connectivity index (χ2v) is 6.00. The van der Waals surface area contributed by atoms with Crippen LogP contribution in [0.4, 0.5) is 13.2 Å². The van der Waals surface area contributed by atoms with Crippen LogP contribution in [0.2, 0.25) is 0 Å². The minimum atomic E-state index is -4.33. The lowest BCUT2D eigenvalue weighted by atomic mass is 9.92. The zero-order chi connectivity index (χ0) is 15.1. The Morgan fingerprint density at radius 1 is 1.05 bits per heavy atom. The third-order valence-corrected chi connectivity index (χ3v) is 3.30. The van der Waals surface area contributed by atoms with E-state index in [9.17, 15) is 13.2 Å². The third kappa shape index (κ3) is 2.80. The molecule has 1 N–H and O–H groups in total. The molecule has 0 unspecified atom stereocenters. The Kier molecular flexibility index (Phi) is 3.54. The van der Waals surface area contributed by atoms with Gasteiger partial charge in [-0.2, -0.15) is 13.2 Å². The van der Waals surface area contributed by atoms with Gasteiger partial charge in [-0.15, -0.1) is 0 Å². The Labute approximate surface area is 120 Å². The molecule has 0 amide bonds. The van der Waals surface area contributed by atoms with E-state index in [-0.39, 0.29) is 5.41 Å². The molecule has 2 aromatic rings. The van der Waals surface area contributed by atoms with E-state index >= 15 is 0 Å².